The van der Waals surface area contributed by atoms with E-state index in [9.17, 15) is 45.4 Å². The van der Waals surface area contributed by atoms with Crippen LogP contribution in [0.15, 0.2) is 30.5 Å². The topological polar surface area (TPSA) is 88.5 Å². The van der Waals surface area contributed by atoms with Gasteiger partial charge in [-0.2, -0.15) is 26.3 Å². The zero-order valence-corrected chi connectivity index (χ0v) is 18.4. The highest BCUT2D eigenvalue weighted by atomic mass is 19.4. The summed E-state index contributed by atoms with van der Waals surface area (Å²) < 4.78 is 98.8. The molecular formula is C23H19F7N2O4. The van der Waals surface area contributed by atoms with E-state index in [-0.39, 0.29) is 42.7 Å². The van der Waals surface area contributed by atoms with E-state index in [1.165, 1.54) is 6.07 Å². The molecule has 1 amide bonds. The second-order valence-corrected chi connectivity index (χ2v) is 8.86. The Morgan fingerprint density at radius 1 is 1.03 bits per heavy atom. The number of carbonyl (C=O) groups excluding carboxylic acids is 2. The number of aromatic hydroxyl groups is 1. The predicted molar refractivity (Wildman–Crippen MR) is 109 cm³/mol. The summed E-state index contributed by atoms with van der Waals surface area (Å²) in [6.07, 6.45) is -10.4. The summed E-state index contributed by atoms with van der Waals surface area (Å²) in [5.74, 6) is -3.72. The molecule has 4 rings (SSSR count). The molecule has 2 aliphatic rings. The van der Waals surface area contributed by atoms with E-state index < -0.39 is 65.2 Å². The molecule has 0 radical (unpaired) electrons. The molecule has 13 heteroatoms. The van der Waals surface area contributed by atoms with Crippen molar-refractivity contribution >= 4 is 11.7 Å². The number of nitrogens with one attached hydrogen (secondary N) is 1. The number of carbonyl (C=O) groups is 2. The van der Waals surface area contributed by atoms with Crippen LogP contribution in [0.1, 0.15) is 46.4 Å². The van der Waals surface area contributed by atoms with Crippen molar-refractivity contribution in [3.63, 3.8) is 0 Å². The van der Waals surface area contributed by atoms with Gasteiger partial charge in [0, 0.05) is 31.0 Å². The molecule has 1 saturated carbocycles. The number of Topliss-reactive ketones (excluding diaryl/α,β-unsaturated/α-hetero) is 1. The molecule has 2 N–H and O–H groups in total. The number of amides is 1. The Kier molecular flexibility index (Phi) is 6.26. The number of phenols is 1. The Morgan fingerprint density at radius 3 is 2.22 bits per heavy atom. The van der Waals surface area contributed by atoms with Gasteiger partial charge in [-0.3, -0.25) is 14.6 Å². The molecule has 2 fully saturated rings. The van der Waals surface area contributed by atoms with Crippen LogP contribution in [0, 0.1) is 5.82 Å². The largest absolute Gasteiger partial charge is 0.508 e. The zero-order chi connectivity index (χ0) is 26.5. The van der Waals surface area contributed by atoms with Crippen LogP contribution in [0.3, 0.4) is 0 Å². The number of ketones is 1. The molecule has 1 aliphatic heterocycles. The van der Waals surface area contributed by atoms with Crippen molar-refractivity contribution in [2.24, 2.45) is 0 Å². The quantitative estimate of drug-likeness (QED) is 0.533. The fourth-order valence-electron chi connectivity index (χ4n) is 4.06. The average molecular weight is 520 g/mol. The van der Waals surface area contributed by atoms with E-state index in [0.717, 1.165) is 18.3 Å². The maximum absolute atomic E-state index is 14.6. The van der Waals surface area contributed by atoms with Crippen molar-refractivity contribution < 1.29 is 50.2 Å². The standard InChI is InChI=1S/C23H19F7N2O4/c24-16-11-15(21(4-6-36-21)23(28,29)30)18(34)10-13(16)9-14(33)7-12-1-5-31-17(8-12)19(35)32-20(2-3-20)22(25,26)27/h1,5,8,10-11,34H,2-4,6-7,9H2,(H,32,35). The van der Waals surface area contributed by atoms with Crippen molar-refractivity contribution in [3.8, 4) is 5.75 Å². The van der Waals surface area contributed by atoms with Gasteiger partial charge in [0.15, 0.2) is 5.60 Å². The highest BCUT2D eigenvalue weighted by Crippen LogP contribution is 2.53. The minimum absolute atomic E-state index is 0.206. The first-order valence-electron chi connectivity index (χ1n) is 10.8. The Labute approximate surface area is 199 Å². The summed E-state index contributed by atoms with van der Waals surface area (Å²) in [6.45, 7) is -0.218. The van der Waals surface area contributed by atoms with Gasteiger partial charge in [0.05, 0.1) is 6.61 Å². The number of rotatable bonds is 7. The third-order valence-electron chi connectivity index (χ3n) is 6.35. The maximum Gasteiger partial charge on any atom is 0.421 e. The van der Waals surface area contributed by atoms with Crippen molar-refractivity contribution in [1.29, 1.82) is 0 Å². The summed E-state index contributed by atoms with van der Waals surface area (Å²) in [6, 6.07) is 3.68. The van der Waals surface area contributed by atoms with Crippen molar-refractivity contribution in [2.45, 2.75) is 55.6 Å². The molecule has 0 spiro atoms. The number of pyridine rings is 1. The summed E-state index contributed by atoms with van der Waals surface area (Å²) in [5, 5.41) is 12.1. The van der Waals surface area contributed by atoms with Gasteiger partial charge < -0.3 is 15.2 Å². The third-order valence-corrected chi connectivity index (χ3v) is 6.35. The first-order chi connectivity index (χ1) is 16.7. The normalized spacial score (nSPS) is 21.0. The molecule has 0 bridgehead atoms. The minimum Gasteiger partial charge on any atom is -0.508 e. The van der Waals surface area contributed by atoms with Gasteiger partial charge in [0.2, 0.25) is 0 Å². The van der Waals surface area contributed by atoms with E-state index in [1.54, 1.807) is 0 Å². The first-order valence-corrected chi connectivity index (χ1v) is 10.8. The van der Waals surface area contributed by atoms with Crippen LogP contribution in [-0.2, 0) is 28.0 Å². The van der Waals surface area contributed by atoms with Crippen LogP contribution in [0.5, 0.6) is 5.75 Å². The van der Waals surface area contributed by atoms with Gasteiger partial charge >= 0.3 is 12.4 Å². The smallest absolute Gasteiger partial charge is 0.421 e. The summed E-state index contributed by atoms with van der Waals surface area (Å²) in [7, 11) is 0. The van der Waals surface area contributed by atoms with Gasteiger partial charge in [-0.25, -0.2) is 4.39 Å². The third kappa shape index (κ3) is 4.63. The first kappa shape index (κ1) is 25.9. The summed E-state index contributed by atoms with van der Waals surface area (Å²) in [5.41, 5.74) is -6.39. The lowest BCUT2D eigenvalue weighted by atomic mass is 9.84. The van der Waals surface area contributed by atoms with Gasteiger partial charge in [-0.05, 0) is 48.2 Å². The molecule has 1 unspecified atom stereocenters. The van der Waals surface area contributed by atoms with E-state index in [0.29, 0.717) is 6.07 Å². The lowest BCUT2D eigenvalue weighted by Crippen LogP contribution is -2.52. The van der Waals surface area contributed by atoms with Crippen molar-refractivity contribution in [1.82, 2.24) is 10.3 Å². The molecule has 6 nitrogen and oxygen atoms in total. The molecule has 2 heterocycles. The highest BCUT2D eigenvalue weighted by Gasteiger charge is 2.64. The summed E-state index contributed by atoms with van der Waals surface area (Å²) >= 11 is 0. The number of halogens is 7. The number of ether oxygens (including phenoxy) is 1. The molecule has 36 heavy (non-hydrogen) atoms. The van der Waals surface area contributed by atoms with Gasteiger partial charge in [0.25, 0.3) is 5.91 Å². The number of aromatic nitrogens is 1. The van der Waals surface area contributed by atoms with E-state index in [1.807, 2.05) is 5.32 Å². The number of phenolic OH excluding ortho intramolecular Hbond substituents is 1. The summed E-state index contributed by atoms with van der Waals surface area (Å²) in [4.78, 5) is 28.5. The minimum atomic E-state index is -4.89. The monoisotopic (exact) mass is 520 g/mol. The Balaban J connectivity index is 1.45. The van der Waals surface area contributed by atoms with Crippen molar-refractivity contribution in [3.05, 3.63) is 58.7 Å². The van der Waals surface area contributed by atoms with Gasteiger partial charge in [-0.1, -0.05) is 0 Å². The Morgan fingerprint density at radius 2 is 1.69 bits per heavy atom. The number of alkyl halides is 6. The molecule has 1 atom stereocenters. The molecule has 1 saturated heterocycles. The van der Waals surface area contributed by atoms with E-state index in [2.05, 4.69) is 9.72 Å². The molecule has 194 valence electrons. The number of benzene rings is 1. The van der Waals surface area contributed by atoms with Gasteiger partial charge in [-0.15, -0.1) is 0 Å². The second kappa shape index (κ2) is 8.71. The van der Waals surface area contributed by atoms with E-state index >= 15 is 0 Å². The Hall–Kier alpha value is -3.22. The second-order valence-electron chi connectivity index (χ2n) is 8.86. The average Bonchev–Trinajstić information content (AvgIpc) is 3.50. The zero-order valence-electron chi connectivity index (χ0n) is 18.4. The fraction of sp³-hybridized carbons (Fsp3) is 0.435. The van der Waals surface area contributed by atoms with Crippen molar-refractivity contribution in [2.75, 3.05) is 6.61 Å². The van der Waals surface area contributed by atoms with Crippen LogP contribution < -0.4 is 5.32 Å². The van der Waals surface area contributed by atoms with Crippen LogP contribution in [0.25, 0.3) is 0 Å². The van der Waals surface area contributed by atoms with Gasteiger partial charge in [0.1, 0.15) is 28.6 Å². The molecule has 1 aromatic heterocycles. The number of hydrogen-bond donors (Lipinski definition) is 2. The van der Waals surface area contributed by atoms with E-state index in [4.69, 9.17) is 0 Å². The molecule has 2 aromatic rings. The predicted octanol–water partition coefficient (Wildman–Crippen LogP) is 4.28. The number of hydrogen-bond acceptors (Lipinski definition) is 5. The van der Waals surface area contributed by atoms with Crippen LogP contribution >= 0.6 is 0 Å². The van der Waals surface area contributed by atoms with Crippen LogP contribution in [-0.4, -0.2) is 46.3 Å². The molecule has 1 aromatic carbocycles. The highest BCUT2D eigenvalue weighted by molar-refractivity contribution is 5.93. The number of nitrogens with zero attached hydrogens (tertiary/aromatic N) is 1. The van der Waals surface area contributed by atoms with Crippen LogP contribution in [0.4, 0.5) is 30.7 Å². The lowest BCUT2D eigenvalue weighted by molar-refractivity contribution is -0.334. The maximum atomic E-state index is 14.6. The van der Waals surface area contributed by atoms with Crippen LogP contribution in [0.2, 0.25) is 0 Å². The Bertz CT molecular complexity index is 1200. The molecule has 1 aliphatic carbocycles. The lowest BCUT2D eigenvalue weighted by Gasteiger charge is -2.43. The SMILES string of the molecule is O=C(Cc1ccnc(C(=O)NC2(C(F)(F)F)CC2)c1)Cc1cc(O)c(C2(C(F)(F)F)CCO2)cc1F. The fourth-order valence-corrected chi connectivity index (χ4v) is 4.06. The molecular weight excluding hydrogens is 501 g/mol.